The van der Waals surface area contributed by atoms with E-state index in [1.165, 1.54) is 11.1 Å². The normalized spacial score (nSPS) is 15.9. The Kier molecular flexibility index (Phi) is 2.28. The SMILES string of the molecule is O=C(O)C1CN(C(=O)Nc2cn[nH]c2)C1. The third-order valence-electron chi connectivity index (χ3n) is 2.27. The summed E-state index contributed by atoms with van der Waals surface area (Å²) in [7, 11) is 0. The van der Waals surface area contributed by atoms with Gasteiger partial charge in [-0.05, 0) is 0 Å². The lowest BCUT2D eigenvalue weighted by molar-refractivity contribution is -0.145. The Morgan fingerprint density at radius 3 is 2.87 bits per heavy atom. The number of aliphatic carboxylic acids is 1. The van der Waals surface area contributed by atoms with Crippen molar-refractivity contribution in [2.75, 3.05) is 18.4 Å². The lowest BCUT2D eigenvalue weighted by Gasteiger charge is -2.36. The van der Waals surface area contributed by atoms with Gasteiger partial charge in [0.05, 0.1) is 17.8 Å². The molecule has 0 aromatic carbocycles. The molecular formula is C8H10N4O3. The van der Waals surface area contributed by atoms with Crippen LogP contribution in [-0.4, -0.2) is 45.3 Å². The molecular weight excluding hydrogens is 200 g/mol. The van der Waals surface area contributed by atoms with E-state index in [2.05, 4.69) is 15.5 Å². The van der Waals surface area contributed by atoms with Gasteiger partial charge in [-0.1, -0.05) is 0 Å². The van der Waals surface area contributed by atoms with Crippen LogP contribution in [0.5, 0.6) is 0 Å². The molecule has 1 saturated heterocycles. The van der Waals surface area contributed by atoms with E-state index >= 15 is 0 Å². The second-order valence-corrected chi connectivity index (χ2v) is 3.36. The molecule has 0 spiro atoms. The first-order valence-corrected chi connectivity index (χ1v) is 4.44. The average Bonchev–Trinajstić information content (AvgIpc) is 2.52. The van der Waals surface area contributed by atoms with Crippen molar-refractivity contribution in [2.45, 2.75) is 0 Å². The molecule has 2 heterocycles. The van der Waals surface area contributed by atoms with Gasteiger partial charge in [-0.15, -0.1) is 0 Å². The van der Waals surface area contributed by atoms with Crippen LogP contribution in [0.25, 0.3) is 0 Å². The van der Waals surface area contributed by atoms with Crippen molar-refractivity contribution >= 4 is 17.7 Å². The zero-order valence-electron chi connectivity index (χ0n) is 7.80. The van der Waals surface area contributed by atoms with E-state index in [-0.39, 0.29) is 19.1 Å². The molecule has 1 aliphatic heterocycles. The fraction of sp³-hybridized carbons (Fsp3) is 0.375. The van der Waals surface area contributed by atoms with Crippen LogP contribution < -0.4 is 5.32 Å². The zero-order chi connectivity index (χ0) is 10.8. The Hall–Kier alpha value is -2.05. The molecule has 15 heavy (non-hydrogen) atoms. The van der Waals surface area contributed by atoms with E-state index in [0.717, 1.165) is 0 Å². The fourth-order valence-corrected chi connectivity index (χ4v) is 1.32. The minimum Gasteiger partial charge on any atom is -0.481 e. The molecule has 1 aromatic rings. The Bertz CT molecular complexity index is 369. The highest BCUT2D eigenvalue weighted by atomic mass is 16.4. The molecule has 2 amide bonds. The molecule has 0 radical (unpaired) electrons. The number of aromatic amines is 1. The highest BCUT2D eigenvalue weighted by Gasteiger charge is 2.35. The van der Waals surface area contributed by atoms with Gasteiger partial charge in [0.15, 0.2) is 0 Å². The summed E-state index contributed by atoms with van der Waals surface area (Å²) in [6.45, 7) is 0.526. The van der Waals surface area contributed by atoms with Crippen LogP contribution in [0.4, 0.5) is 10.5 Å². The minimum atomic E-state index is -0.859. The van der Waals surface area contributed by atoms with Gasteiger partial charge >= 0.3 is 12.0 Å². The number of likely N-dealkylation sites (tertiary alicyclic amines) is 1. The van der Waals surface area contributed by atoms with Crippen LogP contribution in [0.15, 0.2) is 12.4 Å². The van der Waals surface area contributed by atoms with Gasteiger partial charge in [0.1, 0.15) is 0 Å². The number of amides is 2. The number of carboxylic acids is 1. The van der Waals surface area contributed by atoms with Gasteiger partial charge < -0.3 is 15.3 Å². The van der Waals surface area contributed by atoms with Crippen molar-refractivity contribution in [3.8, 4) is 0 Å². The van der Waals surface area contributed by atoms with Crippen LogP contribution >= 0.6 is 0 Å². The highest BCUT2D eigenvalue weighted by Crippen LogP contribution is 2.16. The van der Waals surface area contributed by atoms with E-state index < -0.39 is 11.9 Å². The van der Waals surface area contributed by atoms with Gasteiger partial charge in [0.25, 0.3) is 0 Å². The third kappa shape index (κ3) is 1.90. The van der Waals surface area contributed by atoms with Crippen LogP contribution in [0.1, 0.15) is 0 Å². The van der Waals surface area contributed by atoms with Crippen LogP contribution in [-0.2, 0) is 4.79 Å². The van der Waals surface area contributed by atoms with E-state index in [9.17, 15) is 9.59 Å². The van der Waals surface area contributed by atoms with E-state index in [1.807, 2.05) is 0 Å². The first-order chi connectivity index (χ1) is 7.16. The largest absolute Gasteiger partial charge is 0.481 e. The molecule has 0 aliphatic carbocycles. The summed E-state index contributed by atoms with van der Waals surface area (Å²) >= 11 is 0. The number of nitrogens with zero attached hydrogens (tertiary/aromatic N) is 2. The fourth-order valence-electron chi connectivity index (χ4n) is 1.32. The van der Waals surface area contributed by atoms with Crippen LogP contribution in [0.2, 0.25) is 0 Å². The number of carbonyl (C=O) groups excluding carboxylic acids is 1. The second-order valence-electron chi connectivity index (χ2n) is 3.36. The molecule has 0 atom stereocenters. The number of anilines is 1. The molecule has 7 nitrogen and oxygen atoms in total. The van der Waals surface area contributed by atoms with Crippen molar-refractivity contribution in [2.24, 2.45) is 5.92 Å². The number of urea groups is 1. The Morgan fingerprint density at radius 2 is 2.33 bits per heavy atom. The molecule has 3 N–H and O–H groups in total. The summed E-state index contributed by atoms with van der Waals surface area (Å²) in [5, 5.41) is 17.4. The predicted octanol–water partition coefficient (Wildman–Crippen LogP) is -0.0420. The summed E-state index contributed by atoms with van der Waals surface area (Å²) in [6, 6.07) is -0.297. The summed E-state index contributed by atoms with van der Waals surface area (Å²) in [4.78, 5) is 23.4. The Balaban J connectivity index is 1.82. The van der Waals surface area contributed by atoms with Crippen LogP contribution in [0, 0.1) is 5.92 Å². The molecule has 7 heteroatoms. The number of hydrogen-bond donors (Lipinski definition) is 3. The molecule has 1 fully saturated rings. The highest BCUT2D eigenvalue weighted by molar-refractivity contribution is 5.90. The summed E-state index contributed by atoms with van der Waals surface area (Å²) in [6.07, 6.45) is 3.03. The number of carboxylic acid groups (broad SMARTS) is 1. The lowest BCUT2D eigenvalue weighted by atomic mass is 10.0. The maximum Gasteiger partial charge on any atom is 0.321 e. The minimum absolute atomic E-state index is 0.263. The first-order valence-electron chi connectivity index (χ1n) is 4.44. The van der Waals surface area contributed by atoms with Gasteiger partial charge in [-0.3, -0.25) is 9.89 Å². The topological polar surface area (TPSA) is 98.3 Å². The summed E-state index contributed by atoms with van der Waals surface area (Å²) < 4.78 is 0. The van der Waals surface area contributed by atoms with Gasteiger partial charge in [-0.2, -0.15) is 5.10 Å². The standard InChI is InChI=1S/C8H10N4O3/c13-7(14)5-3-12(4-5)8(15)11-6-1-9-10-2-6/h1-2,5H,3-4H2,(H,9,10)(H,11,15)(H,13,14). The van der Waals surface area contributed by atoms with Crippen molar-refractivity contribution < 1.29 is 14.7 Å². The van der Waals surface area contributed by atoms with E-state index in [4.69, 9.17) is 5.11 Å². The zero-order valence-corrected chi connectivity index (χ0v) is 7.80. The molecule has 2 rings (SSSR count). The number of H-pyrrole nitrogens is 1. The maximum atomic E-state index is 11.4. The average molecular weight is 210 g/mol. The van der Waals surface area contributed by atoms with Gasteiger partial charge in [-0.25, -0.2) is 4.79 Å². The number of aromatic nitrogens is 2. The lowest BCUT2D eigenvalue weighted by Crippen LogP contribution is -2.54. The monoisotopic (exact) mass is 210 g/mol. The molecule has 0 unspecified atom stereocenters. The van der Waals surface area contributed by atoms with Crippen molar-refractivity contribution in [1.29, 1.82) is 0 Å². The third-order valence-corrected chi connectivity index (χ3v) is 2.27. The summed E-state index contributed by atoms with van der Waals surface area (Å²) in [5.74, 6) is -1.29. The molecule has 1 aliphatic rings. The van der Waals surface area contributed by atoms with E-state index in [1.54, 1.807) is 6.20 Å². The Morgan fingerprint density at radius 1 is 1.60 bits per heavy atom. The van der Waals surface area contributed by atoms with Crippen molar-refractivity contribution in [1.82, 2.24) is 15.1 Å². The number of nitrogens with one attached hydrogen (secondary N) is 2. The maximum absolute atomic E-state index is 11.4. The van der Waals surface area contributed by atoms with Crippen LogP contribution in [0.3, 0.4) is 0 Å². The van der Waals surface area contributed by atoms with E-state index in [0.29, 0.717) is 5.69 Å². The van der Waals surface area contributed by atoms with Crippen molar-refractivity contribution in [3.63, 3.8) is 0 Å². The quantitative estimate of drug-likeness (QED) is 0.637. The second kappa shape index (κ2) is 3.60. The molecule has 80 valence electrons. The van der Waals surface area contributed by atoms with Gasteiger partial charge in [0, 0.05) is 19.3 Å². The number of rotatable bonds is 2. The molecule has 0 saturated carbocycles. The Labute approximate surface area is 85.1 Å². The number of carbonyl (C=O) groups is 2. The van der Waals surface area contributed by atoms with Crippen molar-refractivity contribution in [3.05, 3.63) is 12.4 Å². The first kappa shape index (κ1) is 9.50. The smallest absolute Gasteiger partial charge is 0.321 e. The number of hydrogen-bond acceptors (Lipinski definition) is 3. The predicted molar refractivity (Wildman–Crippen MR) is 50.3 cm³/mol. The molecule has 1 aromatic heterocycles. The van der Waals surface area contributed by atoms with Gasteiger partial charge in [0.2, 0.25) is 0 Å². The molecule has 0 bridgehead atoms. The summed E-state index contributed by atoms with van der Waals surface area (Å²) in [5.41, 5.74) is 0.568.